The van der Waals surface area contributed by atoms with Gasteiger partial charge in [0.1, 0.15) is 5.56 Å². The molecule has 0 bridgehead atoms. The van der Waals surface area contributed by atoms with Gasteiger partial charge in [0, 0.05) is 10.2 Å². The minimum absolute atomic E-state index is 0.324. The lowest BCUT2D eigenvalue weighted by Crippen LogP contribution is -2.06. The van der Waals surface area contributed by atoms with Crippen LogP contribution in [0.25, 0.3) is 0 Å². The molecule has 0 saturated heterocycles. The fourth-order valence-corrected chi connectivity index (χ4v) is 2.41. The van der Waals surface area contributed by atoms with E-state index in [-0.39, 0.29) is 5.97 Å². The fraction of sp³-hybridized carbons (Fsp3) is 0.333. The van der Waals surface area contributed by atoms with E-state index in [4.69, 9.17) is 4.74 Å². The second kappa shape index (κ2) is 6.70. The van der Waals surface area contributed by atoms with Gasteiger partial charge in [-0.3, -0.25) is 5.10 Å². The van der Waals surface area contributed by atoms with Crippen molar-refractivity contribution in [3.05, 3.63) is 51.3 Å². The number of aromatic nitrogens is 2. The molecular weight excluding hydrogens is 320 g/mol. The Labute approximate surface area is 126 Å². The third kappa shape index (κ3) is 3.48. The number of benzene rings is 1. The number of halogens is 1. The highest BCUT2D eigenvalue weighted by atomic mass is 79.9. The van der Waals surface area contributed by atoms with E-state index < -0.39 is 0 Å². The van der Waals surface area contributed by atoms with Crippen LogP contribution in [0.2, 0.25) is 0 Å². The summed E-state index contributed by atoms with van der Waals surface area (Å²) in [5, 5.41) is 7.05. The topological polar surface area (TPSA) is 55.0 Å². The summed E-state index contributed by atoms with van der Waals surface area (Å²) in [4.78, 5) is 11.7. The summed E-state index contributed by atoms with van der Waals surface area (Å²) in [6.45, 7) is 1.83. The Morgan fingerprint density at radius 3 is 2.65 bits per heavy atom. The Morgan fingerprint density at radius 2 is 2.00 bits per heavy atom. The van der Waals surface area contributed by atoms with Gasteiger partial charge in [0.2, 0.25) is 0 Å². The van der Waals surface area contributed by atoms with Crippen LogP contribution >= 0.6 is 15.9 Å². The van der Waals surface area contributed by atoms with Gasteiger partial charge in [0.15, 0.2) is 0 Å². The van der Waals surface area contributed by atoms with Crippen LogP contribution in [-0.2, 0) is 17.6 Å². The van der Waals surface area contributed by atoms with Gasteiger partial charge in [-0.2, -0.15) is 5.10 Å². The van der Waals surface area contributed by atoms with Crippen molar-refractivity contribution in [1.82, 2.24) is 10.2 Å². The smallest absolute Gasteiger partial charge is 0.341 e. The molecule has 1 aromatic carbocycles. The molecule has 1 aromatic heterocycles. The minimum atomic E-state index is -0.324. The van der Waals surface area contributed by atoms with Crippen LogP contribution < -0.4 is 0 Å². The van der Waals surface area contributed by atoms with Gasteiger partial charge in [0.25, 0.3) is 0 Å². The molecule has 1 heterocycles. The summed E-state index contributed by atoms with van der Waals surface area (Å²) < 4.78 is 5.87. The lowest BCUT2D eigenvalue weighted by atomic mass is 10.0. The van der Waals surface area contributed by atoms with Gasteiger partial charge in [-0.25, -0.2) is 4.79 Å². The quantitative estimate of drug-likeness (QED) is 0.851. The molecule has 2 aromatic rings. The van der Waals surface area contributed by atoms with Gasteiger partial charge in [-0.05, 0) is 43.9 Å². The summed E-state index contributed by atoms with van der Waals surface area (Å²) in [5.74, 6) is -0.324. The highest BCUT2D eigenvalue weighted by Gasteiger charge is 2.17. The highest BCUT2D eigenvalue weighted by molar-refractivity contribution is 9.10. The van der Waals surface area contributed by atoms with Crippen molar-refractivity contribution >= 4 is 21.9 Å². The molecule has 1 N–H and O–H groups in total. The number of H-pyrrole nitrogens is 1. The van der Waals surface area contributed by atoms with E-state index >= 15 is 0 Å². The average molecular weight is 337 g/mol. The summed E-state index contributed by atoms with van der Waals surface area (Å²) in [6, 6.07) is 8.27. The van der Waals surface area contributed by atoms with Crippen molar-refractivity contribution in [3.8, 4) is 0 Å². The number of aromatic amines is 1. The normalized spacial score (nSPS) is 10.6. The molecule has 0 aliphatic rings. The number of carbonyl (C=O) groups excluding carboxylic acids is 1. The van der Waals surface area contributed by atoms with E-state index in [1.54, 1.807) is 0 Å². The van der Waals surface area contributed by atoms with Gasteiger partial charge < -0.3 is 4.74 Å². The molecule has 20 heavy (non-hydrogen) atoms. The molecule has 0 fully saturated rings. The molecule has 4 nitrogen and oxygen atoms in total. The van der Waals surface area contributed by atoms with E-state index in [1.807, 2.05) is 19.1 Å². The van der Waals surface area contributed by atoms with Crippen molar-refractivity contribution in [3.63, 3.8) is 0 Å². The second-order valence-electron chi connectivity index (χ2n) is 4.64. The molecule has 0 aliphatic heterocycles. The van der Waals surface area contributed by atoms with Gasteiger partial charge >= 0.3 is 5.97 Å². The van der Waals surface area contributed by atoms with Crippen LogP contribution in [0.3, 0.4) is 0 Å². The molecule has 0 saturated carbocycles. The zero-order chi connectivity index (χ0) is 14.5. The second-order valence-corrected chi connectivity index (χ2v) is 5.56. The van der Waals surface area contributed by atoms with Gasteiger partial charge in [-0.1, -0.05) is 28.1 Å². The van der Waals surface area contributed by atoms with E-state index in [2.05, 4.69) is 38.3 Å². The van der Waals surface area contributed by atoms with E-state index in [0.29, 0.717) is 5.56 Å². The summed E-state index contributed by atoms with van der Waals surface area (Å²) in [6.07, 6.45) is 2.65. The number of aryl methyl sites for hydroxylation is 3. The maximum atomic E-state index is 11.7. The van der Waals surface area contributed by atoms with Crippen molar-refractivity contribution in [2.75, 3.05) is 7.11 Å². The lowest BCUT2D eigenvalue weighted by molar-refractivity contribution is 0.0598. The van der Waals surface area contributed by atoms with Gasteiger partial charge in [0.05, 0.1) is 12.8 Å². The monoisotopic (exact) mass is 336 g/mol. The van der Waals surface area contributed by atoms with E-state index in [1.165, 1.54) is 12.7 Å². The summed E-state index contributed by atoms with van der Waals surface area (Å²) in [5.41, 5.74) is 3.39. The summed E-state index contributed by atoms with van der Waals surface area (Å²) >= 11 is 3.42. The fourth-order valence-electron chi connectivity index (χ4n) is 2.14. The molecule has 0 radical (unpaired) electrons. The van der Waals surface area contributed by atoms with Crippen LogP contribution in [0, 0.1) is 6.92 Å². The van der Waals surface area contributed by atoms with Crippen LogP contribution in [0.4, 0.5) is 0 Å². The number of nitrogens with zero attached hydrogens (tertiary/aromatic N) is 1. The number of methoxy groups -OCH3 is 1. The van der Waals surface area contributed by atoms with Crippen molar-refractivity contribution in [2.24, 2.45) is 0 Å². The molecule has 0 spiro atoms. The van der Waals surface area contributed by atoms with E-state index in [9.17, 15) is 4.79 Å². The SMILES string of the molecule is COC(=O)c1c(CCCc2ccc(Br)cc2)n[nH]c1C. The Kier molecular flexibility index (Phi) is 4.95. The minimum Gasteiger partial charge on any atom is -0.465 e. The average Bonchev–Trinajstić information content (AvgIpc) is 2.81. The lowest BCUT2D eigenvalue weighted by Gasteiger charge is -2.03. The number of carbonyl (C=O) groups is 1. The molecule has 0 atom stereocenters. The highest BCUT2D eigenvalue weighted by Crippen LogP contribution is 2.16. The maximum Gasteiger partial charge on any atom is 0.341 e. The van der Waals surface area contributed by atoms with Crippen LogP contribution in [0.15, 0.2) is 28.7 Å². The van der Waals surface area contributed by atoms with Crippen molar-refractivity contribution in [2.45, 2.75) is 26.2 Å². The zero-order valence-electron chi connectivity index (χ0n) is 11.6. The number of ether oxygens (including phenoxy) is 1. The van der Waals surface area contributed by atoms with Crippen LogP contribution in [-0.4, -0.2) is 23.3 Å². The van der Waals surface area contributed by atoms with Crippen molar-refractivity contribution in [1.29, 1.82) is 0 Å². The zero-order valence-corrected chi connectivity index (χ0v) is 13.2. The third-order valence-electron chi connectivity index (χ3n) is 3.20. The molecule has 5 heteroatoms. The Bertz CT molecular complexity index is 590. The number of nitrogens with one attached hydrogen (secondary N) is 1. The first-order chi connectivity index (χ1) is 9.61. The molecule has 2 rings (SSSR count). The first kappa shape index (κ1) is 14.8. The first-order valence-electron chi connectivity index (χ1n) is 6.48. The molecule has 0 unspecified atom stereocenters. The van der Waals surface area contributed by atoms with Crippen LogP contribution in [0.5, 0.6) is 0 Å². The number of hydrogen-bond donors (Lipinski definition) is 1. The Morgan fingerprint density at radius 1 is 1.30 bits per heavy atom. The summed E-state index contributed by atoms with van der Waals surface area (Å²) in [7, 11) is 1.39. The third-order valence-corrected chi connectivity index (χ3v) is 3.73. The van der Waals surface area contributed by atoms with Crippen LogP contribution in [0.1, 0.15) is 33.7 Å². The standard InChI is InChI=1S/C15H17BrN2O2/c1-10-14(15(19)20-2)13(18-17-10)5-3-4-11-6-8-12(16)9-7-11/h6-9H,3-5H2,1-2H3,(H,17,18). The number of rotatable bonds is 5. The molecule has 106 valence electrons. The number of hydrogen-bond acceptors (Lipinski definition) is 3. The largest absolute Gasteiger partial charge is 0.465 e. The Balaban J connectivity index is 1.97. The Hall–Kier alpha value is -1.62. The number of esters is 1. The first-order valence-corrected chi connectivity index (χ1v) is 7.27. The maximum absolute atomic E-state index is 11.7. The van der Waals surface area contributed by atoms with Gasteiger partial charge in [-0.15, -0.1) is 0 Å². The molecular formula is C15H17BrN2O2. The van der Waals surface area contributed by atoms with E-state index in [0.717, 1.165) is 35.1 Å². The van der Waals surface area contributed by atoms with Crippen molar-refractivity contribution < 1.29 is 9.53 Å². The molecule has 0 aliphatic carbocycles. The predicted molar refractivity (Wildman–Crippen MR) is 80.8 cm³/mol. The molecule has 0 amide bonds. The predicted octanol–water partition coefficient (Wildman–Crippen LogP) is 3.44.